The van der Waals surface area contributed by atoms with E-state index in [-0.39, 0.29) is 17.4 Å². The lowest BCUT2D eigenvalue weighted by molar-refractivity contribution is -0.00175. The quantitative estimate of drug-likeness (QED) is 0.856. The third-order valence-electron chi connectivity index (χ3n) is 4.59. The number of hydrogen-bond donors (Lipinski definition) is 0. The van der Waals surface area contributed by atoms with Gasteiger partial charge in [-0.15, -0.1) is 0 Å². The molecule has 2 aromatic rings. The summed E-state index contributed by atoms with van der Waals surface area (Å²) in [5, 5.41) is 0. The summed E-state index contributed by atoms with van der Waals surface area (Å²) in [5.41, 5.74) is 1.72. The first-order chi connectivity index (χ1) is 11.2. The van der Waals surface area contributed by atoms with Crippen molar-refractivity contribution in [2.75, 3.05) is 19.7 Å². The van der Waals surface area contributed by atoms with Crippen molar-refractivity contribution in [2.24, 2.45) is 5.41 Å². The van der Waals surface area contributed by atoms with E-state index in [1.807, 2.05) is 17.2 Å². The highest BCUT2D eigenvalue weighted by molar-refractivity contribution is 5.92. The zero-order chi connectivity index (χ0) is 15.7. The van der Waals surface area contributed by atoms with Crippen LogP contribution in [0.25, 0.3) is 0 Å². The molecule has 1 atom stereocenters. The zero-order valence-electron chi connectivity index (χ0n) is 12.8. The number of amides is 1. The molecule has 2 fully saturated rings. The van der Waals surface area contributed by atoms with E-state index >= 15 is 0 Å². The van der Waals surface area contributed by atoms with Crippen LogP contribution >= 0.6 is 0 Å². The highest BCUT2D eigenvalue weighted by Gasteiger charge is 2.50. The molecule has 2 aromatic heterocycles. The highest BCUT2D eigenvalue weighted by atomic mass is 16.5. The SMILES string of the molecule is O=C(c1cnccn1)N1CC2(COC(Cc3cccnc3)C2)C1. The first-order valence-electron chi connectivity index (χ1n) is 7.80. The Morgan fingerprint density at radius 2 is 2.13 bits per heavy atom. The van der Waals surface area contributed by atoms with Crippen molar-refractivity contribution in [2.45, 2.75) is 18.9 Å². The summed E-state index contributed by atoms with van der Waals surface area (Å²) in [6.45, 7) is 2.21. The van der Waals surface area contributed by atoms with Gasteiger partial charge in [0.2, 0.25) is 0 Å². The molecule has 6 nitrogen and oxygen atoms in total. The molecular formula is C17H18N4O2. The summed E-state index contributed by atoms with van der Waals surface area (Å²) in [4.78, 5) is 26.3. The number of nitrogens with zero attached hydrogens (tertiary/aromatic N) is 4. The summed E-state index contributed by atoms with van der Waals surface area (Å²) in [5.74, 6) is -0.0422. The molecule has 4 rings (SSSR count). The number of pyridine rings is 1. The molecule has 0 radical (unpaired) electrons. The maximum atomic E-state index is 12.3. The van der Waals surface area contributed by atoms with Crippen LogP contribution in [0, 0.1) is 5.41 Å². The van der Waals surface area contributed by atoms with Gasteiger partial charge in [-0.2, -0.15) is 0 Å². The molecule has 0 aromatic carbocycles. The van der Waals surface area contributed by atoms with E-state index in [0.717, 1.165) is 32.5 Å². The number of likely N-dealkylation sites (tertiary alicyclic amines) is 1. The van der Waals surface area contributed by atoms with Gasteiger partial charge in [-0.3, -0.25) is 14.8 Å². The van der Waals surface area contributed by atoms with Gasteiger partial charge < -0.3 is 9.64 Å². The predicted molar refractivity (Wildman–Crippen MR) is 82.7 cm³/mol. The van der Waals surface area contributed by atoms with Gasteiger partial charge >= 0.3 is 0 Å². The minimum absolute atomic E-state index is 0.0422. The fourth-order valence-corrected chi connectivity index (χ4v) is 3.51. The molecule has 1 amide bonds. The Morgan fingerprint density at radius 3 is 2.87 bits per heavy atom. The second-order valence-corrected chi connectivity index (χ2v) is 6.45. The molecule has 23 heavy (non-hydrogen) atoms. The molecule has 2 saturated heterocycles. The standard InChI is InChI=1S/C17H18N4O2/c22-16(15-9-19-4-5-20-15)21-10-17(11-21)7-14(23-12-17)6-13-2-1-3-18-8-13/h1-5,8-9,14H,6-7,10-12H2. The van der Waals surface area contributed by atoms with Gasteiger partial charge in [0.05, 0.1) is 18.9 Å². The van der Waals surface area contributed by atoms with E-state index in [1.54, 1.807) is 18.6 Å². The summed E-state index contributed by atoms with van der Waals surface area (Å²) >= 11 is 0. The van der Waals surface area contributed by atoms with E-state index < -0.39 is 0 Å². The Balaban J connectivity index is 1.34. The number of carbonyl (C=O) groups is 1. The summed E-state index contributed by atoms with van der Waals surface area (Å²) < 4.78 is 5.95. The van der Waals surface area contributed by atoms with E-state index in [4.69, 9.17) is 4.74 Å². The normalized spacial score (nSPS) is 22.1. The van der Waals surface area contributed by atoms with Gasteiger partial charge in [-0.05, 0) is 18.1 Å². The zero-order valence-corrected chi connectivity index (χ0v) is 12.8. The number of carbonyl (C=O) groups excluding carboxylic acids is 1. The minimum atomic E-state index is -0.0422. The Bertz CT molecular complexity index is 686. The van der Waals surface area contributed by atoms with Gasteiger partial charge in [-0.1, -0.05) is 6.07 Å². The summed E-state index contributed by atoms with van der Waals surface area (Å²) in [6.07, 6.45) is 10.4. The van der Waals surface area contributed by atoms with Crippen LogP contribution in [0.4, 0.5) is 0 Å². The Kier molecular flexibility index (Phi) is 3.53. The molecule has 4 heterocycles. The van der Waals surface area contributed by atoms with E-state index in [1.165, 1.54) is 11.8 Å². The van der Waals surface area contributed by atoms with Gasteiger partial charge in [0.15, 0.2) is 0 Å². The minimum Gasteiger partial charge on any atom is -0.377 e. The van der Waals surface area contributed by atoms with Crippen molar-refractivity contribution < 1.29 is 9.53 Å². The Hall–Kier alpha value is -2.34. The lowest BCUT2D eigenvalue weighted by Gasteiger charge is -2.47. The number of ether oxygens (including phenoxy) is 1. The summed E-state index contributed by atoms with van der Waals surface area (Å²) in [6, 6.07) is 4.02. The van der Waals surface area contributed by atoms with Crippen LogP contribution in [0.1, 0.15) is 22.5 Å². The van der Waals surface area contributed by atoms with Crippen LogP contribution in [0.15, 0.2) is 43.1 Å². The molecule has 0 saturated carbocycles. The molecule has 0 aliphatic carbocycles. The number of rotatable bonds is 3. The average molecular weight is 310 g/mol. The molecule has 1 spiro atoms. The van der Waals surface area contributed by atoms with E-state index in [9.17, 15) is 4.79 Å². The molecule has 6 heteroatoms. The lowest BCUT2D eigenvalue weighted by atomic mass is 9.77. The van der Waals surface area contributed by atoms with Crippen molar-refractivity contribution in [3.8, 4) is 0 Å². The molecule has 0 N–H and O–H groups in total. The monoisotopic (exact) mass is 310 g/mol. The van der Waals surface area contributed by atoms with Crippen molar-refractivity contribution >= 4 is 5.91 Å². The fraction of sp³-hybridized carbons (Fsp3) is 0.412. The Labute approximate surface area is 134 Å². The highest BCUT2D eigenvalue weighted by Crippen LogP contribution is 2.42. The van der Waals surface area contributed by atoms with Crippen molar-refractivity contribution in [1.82, 2.24) is 19.9 Å². The molecule has 1 unspecified atom stereocenters. The second-order valence-electron chi connectivity index (χ2n) is 6.45. The topological polar surface area (TPSA) is 68.2 Å². The molecule has 2 aliphatic rings. The van der Waals surface area contributed by atoms with Gasteiger partial charge in [0.25, 0.3) is 5.91 Å². The van der Waals surface area contributed by atoms with Crippen LogP contribution in [-0.4, -0.2) is 51.6 Å². The molecule has 0 bridgehead atoms. The van der Waals surface area contributed by atoms with Crippen molar-refractivity contribution in [1.29, 1.82) is 0 Å². The van der Waals surface area contributed by atoms with Crippen LogP contribution in [0.2, 0.25) is 0 Å². The summed E-state index contributed by atoms with van der Waals surface area (Å²) in [7, 11) is 0. The molecule has 118 valence electrons. The molecular weight excluding hydrogens is 292 g/mol. The van der Waals surface area contributed by atoms with Crippen molar-refractivity contribution in [3.05, 3.63) is 54.4 Å². The number of aromatic nitrogens is 3. The predicted octanol–water partition coefficient (Wildman–Crippen LogP) is 1.35. The van der Waals surface area contributed by atoms with Crippen LogP contribution in [0.5, 0.6) is 0 Å². The fourth-order valence-electron chi connectivity index (χ4n) is 3.51. The van der Waals surface area contributed by atoms with Crippen LogP contribution < -0.4 is 0 Å². The van der Waals surface area contributed by atoms with Gasteiger partial charge in [0, 0.05) is 49.7 Å². The van der Waals surface area contributed by atoms with Crippen LogP contribution in [-0.2, 0) is 11.2 Å². The van der Waals surface area contributed by atoms with Crippen molar-refractivity contribution in [3.63, 3.8) is 0 Å². The van der Waals surface area contributed by atoms with Crippen LogP contribution in [0.3, 0.4) is 0 Å². The first kappa shape index (κ1) is 14.3. The Morgan fingerprint density at radius 1 is 1.26 bits per heavy atom. The smallest absolute Gasteiger partial charge is 0.274 e. The lowest BCUT2D eigenvalue weighted by Crippen LogP contribution is -2.59. The van der Waals surface area contributed by atoms with Gasteiger partial charge in [0.1, 0.15) is 5.69 Å². The maximum Gasteiger partial charge on any atom is 0.274 e. The average Bonchev–Trinajstić information content (AvgIpc) is 2.99. The van der Waals surface area contributed by atoms with E-state index in [2.05, 4.69) is 21.0 Å². The largest absolute Gasteiger partial charge is 0.377 e. The number of hydrogen-bond acceptors (Lipinski definition) is 5. The van der Waals surface area contributed by atoms with Gasteiger partial charge in [-0.25, -0.2) is 4.98 Å². The van der Waals surface area contributed by atoms with E-state index in [0.29, 0.717) is 5.69 Å². The molecule has 2 aliphatic heterocycles. The third kappa shape index (κ3) is 2.82. The maximum absolute atomic E-state index is 12.3. The third-order valence-corrected chi connectivity index (χ3v) is 4.59. The first-order valence-corrected chi connectivity index (χ1v) is 7.80. The second kappa shape index (κ2) is 5.70.